The zero-order chi connectivity index (χ0) is 23.1. The van der Waals surface area contributed by atoms with Gasteiger partial charge in [0.05, 0.1) is 24.0 Å². The van der Waals surface area contributed by atoms with E-state index in [2.05, 4.69) is 32.3 Å². The molecule has 0 saturated heterocycles. The molecule has 162 valence electrons. The molecule has 0 bridgehead atoms. The fraction of sp³-hybridized carbons (Fsp3) is 0.286. The van der Waals surface area contributed by atoms with Crippen LogP contribution in [0.1, 0.15) is 29.4 Å². The first kappa shape index (κ1) is 21.5. The number of amides is 1. The number of rotatable bonds is 5. The number of hydrogen-bond donors (Lipinski definition) is 2. The van der Waals surface area contributed by atoms with Crippen molar-refractivity contribution in [3.63, 3.8) is 0 Å². The number of nitrogens with one attached hydrogen (secondary N) is 1. The van der Waals surface area contributed by atoms with Gasteiger partial charge in [0, 0.05) is 23.2 Å². The molecule has 1 aliphatic carbocycles. The van der Waals surface area contributed by atoms with Crippen molar-refractivity contribution in [2.75, 3.05) is 11.9 Å². The van der Waals surface area contributed by atoms with Crippen LogP contribution in [0.4, 0.5) is 14.5 Å². The maximum absolute atomic E-state index is 14.8. The SMILES string of the molecule is C#CCOc1cnc(C(=O)Nc2cc(F)c(F)c([C@@]3(C)N=C(N)S[C@@]4(C#N)C[C@H]43)c2)cn1. The van der Waals surface area contributed by atoms with E-state index in [1.807, 2.05) is 0 Å². The van der Waals surface area contributed by atoms with Crippen molar-refractivity contribution in [2.24, 2.45) is 16.6 Å². The van der Waals surface area contributed by atoms with Crippen LogP contribution < -0.4 is 15.8 Å². The van der Waals surface area contributed by atoms with Crippen LogP contribution in [0.5, 0.6) is 5.88 Å². The summed E-state index contributed by atoms with van der Waals surface area (Å²) in [7, 11) is 0. The highest BCUT2D eigenvalue weighted by atomic mass is 32.2. The van der Waals surface area contributed by atoms with Gasteiger partial charge in [0.15, 0.2) is 23.4 Å². The van der Waals surface area contributed by atoms with Gasteiger partial charge in [-0.2, -0.15) is 5.26 Å². The standard InChI is InChI=1S/C21H16F2N6O2S/c1-3-4-31-16-9-26-14(8-27-16)18(30)28-11-5-12(17(23)13(22)6-11)20(2)15-7-21(15,10-24)32-19(25)29-20/h1,5-6,8-9,15H,4,7H2,2H3,(H2,25,29)(H,28,30)/t15-,20+,21+/m0/s1. The molecule has 1 saturated carbocycles. The number of aromatic nitrogens is 2. The van der Waals surface area contributed by atoms with E-state index in [0.29, 0.717) is 6.42 Å². The van der Waals surface area contributed by atoms with Gasteiger partial charge in [-0.05, 0) is 19.4 Å². The molecule has 3 N–H and O–H groups in total. The fourth-order valence-corrected chi connectivity index (χ4v) is 5.04. The second-order valence-corrected chi connectivity index (χ2v) is 8.81. The molecule has 2 heterocycles. The van der Waals surface area contributed by atoms with Crippen molar-refractivity contribution >= 4 is 28.5 Å². The summed E-state index contributed by atoms with van der Waals surface area (Å²) in [6, 6.07) is 4.36. The van der Waals surface area contributed by atoms with Crippen LogP contribution in [0, 0.1) is 41.2 Å². The maximum Gasteiger partial charge on any atom is 0.275 e. The summed E-state index contributed by atoms with van der Waals surface area (Å²) in [5.41, 5.74) is 4.46. The topological polar surface area (TPSA) is 126 Å². The largest absolute Gasteiger partial charge is 0.463 e. The van der Waals surface area contributed by atoms with Crippen molar-refractivity contribution in [3.8, 4) is 24.3 Å². The maximum atomic E-state index is 14.8. The van der Waals surface area contributed by atoms with Crippen LogP contribution in [-0.4, -0.2) is 32.4 Å². The lowest BCUT2D eigenvalue weighted by Crippen LogP contribution is -2.35. The van der Waals surface area contributed by atoms with E-state index in [1.54, 1.807) is 6.92 Å². The van der Waals surface area contributed by atoms with Crippen molar-refractivity contribution in [1.82, 2.24) is 9.97 Å². The summed E-state index contributed by atoms with van der Waals surface area (Å²) in [6.45, 7) is 1.60. The highest BCUT2D eigenvalue weighted by molar-refractivity contribution is 8.15. The number of anilines is 1. The van der Waals surface area contributed by atoms with Gasteiger partial charge in [-0.25, -0.2) is 18.7 Å². The summed E-state index contributed by atoms with van der Waals surface area (Å²) < 4.78 is 33.6. The number of hydrogen-bond acceptors (Lipinski definition) is 8. The summed E-state index contributed by atoms with van der Waals surface area (Å²) in [6.07, 6.45) is 7.92. The predicted molar refractivity (Wildman–Crippen MR) is 114 cm³/mol. The molecule has 32 heavy (non-hydrogen) atoms. The Hall–Kier alpha value is -3.70. The molecule has 1 aromatic heterocycles. The fourth-order valence-electron chi connectivity index (χ4n) is 3.77. The second kappa shape index (κ2) is 7.77. The van der Waals surface area contributed by atoms with Crippen LogP contribution in [0.3, 0.4) is 0 Å². The van der Waals surface area contributed by atoms with Gasteiger partial charge in [-0.3, -0.25) is 9.79 Å². The number of nitriles is 1. The number of nitrogens with two attached hydrogens (primary N) is 1. The number of fused-ring (bicyclic) bond motifs is 1. The molecule has 4 rings (SSSR count). The Balaban J connectivity index is 1.62. The first-order chi connectivity index (χ1) is 15.2. The van der Waals surface area contributed by atoms with Gasteiger partial charge in [0.25, 0.3) is 5.91 Å². The lowest BCUT2D eigenvalue weighted by Gasteiger charge is -2.32. The molecular formula is C21H16F2N6O2S. The molecule has 1 aromatic carbocycles. The minimum absolute atomic E-state index is 0.00376. The zero-order valence-electron chi connectivity index (χ0n) is 16.7. The molecule has 0 radical (unpaired) electrons. The number of terminal acetylenes is 1. The van der Waals surface area contributed by atoms with Crippen LogP contribution in [0.25, 0.3) is 0 Å². The predicted octanol–water partition coefficient (Wildman–Crippen LogP) is 2.58. The number of carbonyl (C=O) groups excluding carboxylic acids is 1. The quantitative estimate of drug-likeness (QED) is 0.665. The van der Waals surface area contributed by atoms with Gasteiger partial charge in [-0.1, -0.05) is 17.7 Å². The lowest BCUT2D eigenvalue weighted by molar-refractivity contribution is 0.102. The average molecular weight is 454 g/mol. The number of thioether (sulfide) groups is 1. The molecule has 1 fully saturated rings. The summed E-state index contributed by atoms with van der Waals surface area (Å²) in [4.78, 5) is 24.7. The summed E-state index contributed by atoms with van der Waals surface area (Å²) in [5.74, 6) is -0.905. The number of ether oxygens (including phenoxy) is 1. The third-order valence-corrected chi connectivity index (χ3v) is 6.61. The molecule has 0 spiro atoms. The Morgan fingerprint density at radius 3 is 2.88 bits per heavy atom. The van der Waals surface area contributed by atoms with Crippen LogP contribution >= 0.6 is 11.8 Å². The van der Waals surface area contributed by atoms with Crippen molar-refractivity contribution in [3.05, 3.63) is 47.4 Å². The molecule has 1 aliphatic heterocycles. The van der Waals surface area contributed by atoms with Crippen LogP contribution in [0.2, 0.25) is 0 Å². The van der Waals surface area contributed by atoms with E-state index in [-0.39, 0.29) is 40.5 Å². The molecule has 3 atom stereocenters. The molecule has 0 unspecified atom stereocenters. The Labute approximate surface area is 186 Å². The smallest absolute Gasteiger partial charge is 0.275 e. The molecule has 2 aliphatic rings. The van der Waals surface area contributed by atoms with E-state index < -0.39 is 27.8 Å². The lowest BCUT2D eigenvalue weighted by atomic mass is 9.85. The average Bonchev–Trinajstić information content (AvgIpc) is 3.50. The summed E-state index contributed by atoms with van der Waals surface area (Å²) in [5, 5.41) is 12.1. The molecule has 8 nitrogen and oxygen atoms in total. The Morgan fingerprint density at radius 1 is 1.44 bits per heavy atom. The van der Waals surface area contributed by atoms with Gasteiger partial charge in [0.1, 0.15) is 10.4 Å². The number of benzene rings is 1. The molecule has 2 aromatic rings. The second-order valence-electron chi connectivity index (χ2n) is 7.46. The van der Waals surface area contributed by atoms with Gasteiger partial charge in [0.2, 0.25) is 5.88 Å². The Kier molecular flexibility index (Phi) is 5.23. The van der Waals surface area contributed by atoms with Crippen LogP contribution in [-0.2, 0) is 5.54 Å². The number of amidine groups is 1. The van der Waals surface area contributed by atoms with Gasteiger partial charge < -0.3 is 15.8 Å². The van der Waals surface area contributed by atoms with Gasteiger partial charge in [-0.15, -0.1) is 6.42 Å². The van der Waals surface area contributed by atoms with Crippen molar-refractivity contribution < 1.29 is 18.3 Å². The third-order valence-electron chi connectivity index (χ3n) is 5.40. The van der Waals surface area contributed by atoms with Crippen molar-refractivity contribution in [2.45, 2.75) is 23.6 Å². The highest BCUT2D eigenvalue weighted by Gasteiger charge is 2.67. The number of carbonyl (C=O) groups is 1. The van der Waals surface area contributed by atoms with Crippen molar-refractivity contribution in [1.29, 1.82) is 5.26 Å². The third kappa shape index (κ3) is 3.61. The highest BCUT2D eigenvalue weighted by Crippen LogP contribution is 2.65. The van der Waals surface area contributed by atoms with E-state index in [1.165, 1.54) is 12.3 Å². The van der Waals surface area contributed by atoms with Crippen LogP contribution in [0.15, 0.2) is 29.5 Å². The van der Waals surface area contributed by atoms with E-state index >= 15 is 0 Å². The Morgan fingerprint density at radius 2 is 2.22 bits per heavy atom. The first-order valence-corrected chi connectivity index (χ1v) is 10.2. The van der Waals surface area contributed by atoms with Gasteiger partial charge >= 0.3 is 0 Å². The van der Waals surface area contributed by atoms with E-state index in [9.17, 15) is 18.8 Å². The van der Waals surface area contributed by atoms with E-state index in [4.69, 9.17) is 16.9 Å². The number of aliphatic imine (C=N–C) groups is 1. The minimum Gasteiger partial charge on any atom is -0.463 e. The normalized spacial score (nSPS) is 25.5. The zero-order valence-corrected chi connectivity index (χ0v) is 17.5. The molecular weight excluding hydrogens is 438 g/mol. The first-order valence-electron chi connectivity index (χ1n) is 9.37. The molecule has 1 amide bonds. The minimum atomic E-state index is -1.26. The summed E-state index contributed by atoms with van der Waals surface area (Å²) >= 11 is 1.13. The molecule has 11 heteroatoms. The monoisotopic (exact) mass is 454 g/mol. The Bertz CT molecular complexity index is 1220. The number of halogens is 2. The number of nitrogens with zero attached hydrogens (tertiary/aromatic N) is 4. The van der Waals surface area contributed by atoms with E-state index in [0.717, 1.165) is 24.0 Å².